The van der Waals surface area contributed by atoms with Crippen LogP contribution in [0.3, 0.4) is 0 Å². The van der Waals surface area contributed by atoms with Gasteiger partial charge in [-0.15, -0.1) is 10.2 Å². The molecule has 7 heteroatoms. The Balaban J connectivity index is 1.69. The van der Waals surface area contributed by atoms with Crippen molar-refractivity contribution in [3.63, 3.8) is 0 Å². The Morgan fingerprint density at radius 1 is 1.03 bits per heavy atom. The van der Waals surface area contributed by atoms with Crippen LogP contribution in [0.1, 0.15) is 26.3 Å². The number of carbonyl (C=O) groups excluding carboxylic acids is 1. The Labute approximate surface area is 182 Å². The molecule has 1 heterocycles. The number of nitrogens with one attached hydrogen (secondary N) is 1. The Kier molecular flexibility index (Phi) is 7.52. The molecule has 0 unspecified atom stereocenters. The highest BCUT2D eigenvalue weighted by Crippen LogP contribution is 2.26. The average molecular weight is 424 g/mol. The zero-order valence-corrected chi connectivity index (χ0v) is 18.9. The average Bonchev–Trinajstić information content (AvgIpc) is 3.18. The van der Waals surface area contributed by atoms with E-state index in [0.717, 1.165) is 47.4 Å². The highest BCUT2D eigenvalue weighted by atomic mass is 32.2. The van der Waals surface area contributed by atoms with E-state index in [9.17, 15) is 4.79 Å². The van der Waals surface area contributed by atoms with Crippen molar-refractivity contribution in [2.75, 3.05) is 29.1 Å². The maximum Gasteiger partial charge on any atom is 0.234 e. The molecule has 0 spiro atoms. The number of hydrogen-bond donors (Lipinski definition) is 1. The van der Waals surface area contributed by atoms with Gasteiger partial charge in [0.15, 0.2) is 11.0 Å². The van der Waals surface area contributed by atoms with Gasteiger partial charge in [-0.1, -0.05) is 30.0 Å². The molecule has 0 aliphatic carbocycles. The van der Waals surface area contributed by atoms with Crippen LogP contribution in [0.15, 0.2) is 53.7 Å². The van der Waals surface area contributed by atoms with Crippen LogP contribution in [0.25, 0.3) is 11.4 Å². The number of amides is 1. The molecule has 0 radical (unpaired) electrons. The number of aromatic nitrogens is 3. The lowest BCUT2D eigenvalue weighted by Crippen LogP contribution is -2.21. The molecule has 2 aromatic carbocycles. The van der Waals surface area contributed by atoms with Crippen LogP contribution in [0, 0.1) is 6.92 Å². The molecule has 0 bridgehead atoms. The lowest BCUT2D eigenvalue weighted by molar-refractivity contribution is -0.113. The van der Waals surface area contributed by atoms with Gasteiger partial charge in [0, 0.05) is 36.6 Å². The molecule has 3 rings (SSSR count). The van der Waals surface area contributed by atoms with E-state index in [0.29, 0.717) is 0 Å². The molecular formula is C23H29N5OS. The van der Waals surface area contributed by atoms with E-state index in [4.69, 9.17) is 0 Å². The number of anilines is 2. The lowest BCUT2D eigenvalue weighted by Gasteiger charge is -2.21. The fourth-order valence-corrected chi connectivity index (χ4v) is 4.14. The smallest absolute Gasteiger partial charge is 0.234 e. The van der Waals surface area contributed by atoms with Crippen LogP contribution in [-0.4, -0.2) is 39.5 Å². The summed E-state index contributed by atoms with van der Waals surface area (Å²) in [6, 6.07) is 16.2. The van der Waals surface area contributed by atoms with Gasteiger partial charge in [-0.05, 0) is 63.6 Å². The second-order valence-electron chi connectivity index (χ2n) is 6.92. The summed E-state index contributed by atoms with van der Waals surface area (Å²) in [5, 5.41) is 12.4. The zero-order chi connectivity index (χ0) is 21.5. The normalized spacial score (nSPS) is 10.8. The number of benzene rings is 2. The predicted octanol–water partition coefficient (Wildman–Crippen LogP) is 4.85. The van der Waals surface area contributed by atoms with E-state index >= 15 is 0 Å². The summed E-state index contributed by atoms with van der Waals surface area (Å²) in [7, 11) is 0. The maximum absolute atomic E-state index is 12.4. The predicted molar refractivity (Wildman–Crippen MR) is 125 cm³/mol. The molecule has 1 aromatic heterocycles. The van der Waals surface area contributed by atoms with Crippen molar-refractivity contribution in [1.29, 1.82) is 0 Å². The number of aryl methyl sites for hydroxylation is 1. The third-order valence-electron chi connectivity index (χ3n) is 5.04. The summed E-state index contributed by atoms with van der Waals surface area (Å²) in [4.78, 5) is 14.7. The molecular weight excluding hydrogens is 394 g/mol. The molecule has 158 valence electrons. The third-order valence-corrected chi connectivity index (χ3v) is 6.01. The van der Waals surface area contributed by atoms with E-state index in [1.807, 2.05) is 31.2 Å². The first kappa shape index (κ1) is 21.9. The summed E-state index contributed by atoms with van der Waals surface area (Å²) >= 11 is 1.40. The van der Waals surface area contributed by atoms with Gasteiger partial charge in [-0.3, -0.25) is 4.79 Å². The van der Waals surface area contributed by atoms with Crippen molar-refractivity contribution in [2.45, 2.75) is 39.4 Å². The monoisotopic (exact) mass is 423 g/mol. The van der Waals surface area contributed by atoms with Crippen LogP contribution < -0.4 is 10.2 Å². The van der Waals surface area contributed by atoms with Crippen molar-refractivity contribution in [3.8, 4) is 11.4 Å². The van der Waals surface area contributed by atoms with Crippen molar-refractivity contribution in [1.82, 2.24) is 14.8 Å². The molecule has 0 fully saturated rings. The summed E-state index contributed by atoms with van der Waals surface area (Å²) in [5.74, 6) is 1.06. The van der Waals surface area contributed by atoms with Gasteiger partial charge in [0.25, 0.3) is 0 Å². The van der Waals surface area contributed by atoms with Gasteiger partial charge in [-0.25, -0.2) is 0 Å². The number of hydrogen-bond acceptors (Lipinski definition) is 5. The Bertz CT molecular complexity index is 980. The molecule has 0 aliphatic heterocycles. The minimum Gasteiger partial charge on any atom is -0.372 e. The lowest BCUT2D eigenvalue weighted by atomic mass is 10.2. The van der Waals surface area contributed by atoms with E-state index in [-0.39, 0.29) is 11.7 Å². The highest BCUT2D eigenvalue weighted by Gasteiger charge is 2.15. The van der Waals surface area contributed by atoms with Crippen LogP contribution in [0.2, 0.25) is 0 Å². The minimum absolute atomic E-state index is 0.0509. The standard InChI is InChI=1S/C23H29N5OS/c1-5-27(6-2)19-14-12-18(13-15-19)22-25-26-23(28(22)7-3)30-16-21(29)24-20-11-9-8-10-17(20)4/h8-15H,5-7,16H2,1-4H3,(H,24,29). The molecule has 0 aliphatic rings. The quantitative estimate of drug-likeness (QED) is 0.499. The van der Waals surface area contributed by atoms with E-state index in [2.05, 4.69) is 70.0 Å². The summed E-state index contributed by atoms with van der Waals surface area (Å²) < 4.78 is 2.05. The van der Waals surface area contributed by atoms with E-state index < -0.39 is 0 Å². The minimum atomic E-state index is -0.0509. The molecule has 3 aromatic rings. The van der Waals surface area contributed by atoms with Crippen molar-refractivity contribution < 1.29 is 4.79 Å². The molecule has 0 saturated carbocycles. The fourth-order valence-electron chi connectivity index (χ4n) is 3.33. The van der Waals surface area contributed by atoms with Gasteiger partial charge in [-0.2, -0.15) is 0 Å². The van der Waals surface area contributed by atoms with Gasteiger partial charge in [0.2, 0.25) is 5.91 Å². The maximum atomic E-state index is 12.4. The molecule has 0 atom stereocenters. The van der Waals surface area contributed by atoms with Gasteiger partial charge >= 0.3 is 0 Å². The van der Waals surface area contributed by atoms with Crippen LogP contribution in [0.5, 0.6) is 0 Å². The summed E-state index contributed by atoms with van der Waals surface area (Å²) in [6.45, 7) is 11.1. The topological polar surface area (TPSA) is 63.1 Å². The van der Waals surface area contributed by atoms with Crippen molar-refractivity contribution in [3.05, 3.63) is 54.1 Å². The highest BCUT2D eigenvalue weighted by molar-refractivity contribution is 7.99. The third kappa shape index (κ3) is 5.02. The first-order valence-corrected chi connectivity index (χ1v) is 11.3. The number of thioether (sulfide) groups is 1. The summed E-state index contributed by atoms with van der Waals surface area (Å²) in [5.41, 5.74) is 4.11. The van der Waals surface area contributed by atoms with Crippen LogP contribution in [0.4, 0.5) is 11.4 Å². The molecule has 0 saturated heterocycles. The van der Waals surface area contributed by atoms with Crippen LogP contribution in [-0.2, 0) is 11.3 Å². The number of para-hydroxylation sites is 1. The molecule has 1 amide bonds. The first-order chi connectivity index (χ1) is 14.6. The fraction of sp³-hybridized carbons (Fsp3) is 0.348. The van der Waals surface area contributed by atoms with E-state index in [1.54, 1.807) is 0 Å². The summed E-state index contributed by atoms with van der Waals surface area (Å²) in [6.07, 6.45) is 0. The Morgan fingerprint density at radius 3 is 2.37 bits per heavy atom. The molecule has 1 N–H and O–H groups in total. The molecule has 6 nitrogen and oxygen atoms in total. The van der Waals surface area contributed by atoms with Crippen molar-refractivity contribution in [2.24, 2.45) is 0 Å². The number of nitrogens with zero attached hydrogens (tertiary/aromatic N) is 4. The number of carbonyl (C=O) groups is 1. The molecule has 30 heavy (non-hydrogen) atoms. The Morgan fingerprint density at radius 2 is 1.73 bits per heavy atom. The van der Waals surface area contributed by atoms with Crippen molar-refractivity contribution >= 4 is 29.0 Å². The Hall–Kier alpha value is -2.80. The zero-order valence-electron chi connectivity index (χ0n) is 18.1. The van der Waals surface area contributed by atoms with E-state index in [1.165, 1.54) is 17.4 Å². The first-order valence-electron chi connectivity index (χ1n) is 10.3. The largest absolute Gasteiger partial charge is 0.372 e. The second-order valence-corrected chi connectivity index (χ2v) is 7.86. The van der Waals surface area contributed by atoms with Gasteiger partial charge in [0.05, 0.1) is 5.75 Å². The van der Waals surface area contributed by atoms with Crippen LogP contribution >= 0.6 is 11.8 Å². The van der Waals surface area contributed by atoms with Gasteiger partial charge < -0.3 is 14.8 Å². The van der Waals surface area contributed by atoms with Gasteiger partial charge in [0.1, 0.15) is 0 Å². The number of rotatable bonds is 9. The second kappa shape index (κ2) is 10.3. The SMILES string of the molecule is CCN(CC)c1ccc(-c2nnc(SCC(=O)Nc3ccccc3C)n2CC)cc1.